The molecule has 0 aliphatic rings. The molecule has 0 aliphatic heterocycles. The highest BCUT2D eigenvalue weighted by molar-refractivity contribution is 5.85. The Morgan fingerprint density at radius 2 is 1.54 bits per heavy atom. The highest BCUT2D eigenvalue weighted by Crippen LogP contribution is 2.03. The number of allylic oxidation sites excluding steroid dienone is 1. The Balaban J connectivity index is 0. The van der Waals surface area contributed by atoms with E-state index in [2.05, 4.69) is 38.8 Å². The van der Waals surface area contributed by atoms with E-state index < -0.39 is 0 Å². The van der Waals surface area contributed by atoms with Gasteiger partial charge in [0.1, 0.15) is 0 Å². The summed E-state index contributed by atoms with van der Waals surface area (Å²) < 4.78 is 0. The number of hydrogen-bond acceptors (Lipinski definition) is 1. The normalized spacial score (nSPS) is 10.9. The van der Waals surface area contributed by atoms with Crippen LogP contribution in [0.3, 0.4) is 0 Å². The molecule has 0 unspecified atom stereocenters. The molecule has 0 aromatic carbocycles. The van der Waals surface area contributed by atoms with Crippen LogP contribution in [0, 0.1) is 0 Å². The molecule has 0 radical (unpaired) electrons. The summed E-state index contributed by atoms with van der Waals surface area (Å²) in [5.41, 5.74) is 1.48. The van der Waals surface area contributed by atoms with Crippen LogP contribution in [0.25, 0.3) is 0 Å². The van der Waals surface area contributed by atoms with Crippen molar-refractivity contribution in [1.29, 1.82) is 0 Å². The molecule has 13 heavy (non-hydrogen) atoms. The van der Waals surface area contributed by atoms with Gasteiger partial charge >= 0.3 is 0 Å². The van der Waals surface area contributed by atoms with Crippen LogP contribution in [0.15, 0.2) is 11.8 Å². The van der Waals surface area contributed by atoms with Crippen molar-refractivity contribution in [3.8, 4) is 0 Å². The zero-order valence-corrected chi connectivity index (χ0v) is 10.3. The summed E-state index contributed by atoms with van der Waals surface area (Å²) in [7, 11) is 0. The van der Waals surface area contributed by atoms with Gasteiger partial charge in [0.05, 0.1) is 0 Å². The number of halogens is 1. The van der Waals surface area contributed by atoms with E-state index in [9.17, 15) is 0 Å². The van der Waals surface area contributed by atoms with E-state index in [0.29, 0.717) is 0 Å². The molecule has 1 nitrogen and oxygen atoms in total. The van der Waals surface area contributed by atoms with Gasteiger partial charge < -0.3 is 4.90 Å². The Morgan fingerprint density at radius 3 is 1.85 bits per heavy atom. The standard InChI is InChI=1S/C11H23N.ClH/c1-5-8-12(9-6-2)10-11(4)7-3;/h10H,5-9H2,1-4H3;1H. The Bertz CT molecular complexity index is 126. The van der Waals surface area contributed by atoms with Crippen molar-refractivity contribution in [2.24, 2.45) is 0 Å². The number of nitrogens with zero attached hydrogens (tertiary/aromatic N) is 1. The molecule has 0 amide bonds. The van der Waals surface area contributed by atoms with Gasteiger partial charge in [-0.25, -0.2) is 0 Å². The first kappa shape index (κ1) is 15.3. The first-order chi connectivity index (χ1) is 5.74. The summed E-state index contributed by atoms with van der Waals surface area (Å²) in [6.07, 6.45) is 5.97. The molecule has 0 bridgehead atoms. The van der Waals surface area contributed by atoms with E-state index >= 15 is 0 Å². The lowest BCUT2D eigenvalue weighted by Gasteiger charge is -2.19. The molecule has 0 saturated carbocycles. The van der Waals surface area contributed by atoms with Gasteiger partial charge in [0.15, 0.2) is 0 Å². The fourth-order valence-corrected chi connectivity index (χ4v) is 1.22. The maximum absolute atomic E-state index is 2.43. The molecule has 0 aromatic heterocycles. The lowest BCUT2D eigenvalue weighted by atomic mass is 10.2. The fraction of sp³-hybridized carbons (Fsp3) is 0.818. The summed E-state index contributed by atoms with van der Waals surface area (Å²) in [5, 5.41) is 0. The molecular weight excluding hydrogens is 182 g/mol. The maximum Gasteiger partial charge on any atom is 0.0169 e. The number of rotatable bonds is 6. The van der Waals surface area contributed by atoms with E-state index in [1.807, 2.05) is 0 Å². The second-order valence-electron chi connectivity index (χ2n) is 3.36. The highest BCUT2D eigenvalue weighted by Gasteiger charge is 1.96. The molecule has 0 aliphatic carbocycles. The molecule has 0 fully saturated rings. The van der Waals surface area contributed by atoms with Crippen molar-refractivity contribution in [3.05, 3.63) is 11.8 Å². The summed E-state index contributed by atoms with van der Waals surface area (Å²) in [6, 6.07) is 0. The number of hydrogen-bond donors (Lipinski definition) is 0. The minimum Gasteiger partial charge on any atom is -0.377 e. The molecule has 2 heteroatoms. The van der Waals surface area contributed by atoms with Crippen molar-refractivity contribution in [2.75, 3.05) is 13.1 Å². The Kier molecular flexibility index (Phi) is 11.7. The van der Waals surface area contributed by atoms with Gasteiger partial charge in [0.2, 0.25) is 0 Å². The molecule has 0 N–H and O–H groups in total. The monoisotopic (exact) mass is 205 g/mol. The van der Waals surface area contributed by atoms with Crippen LogP contribution in [0.5, 0.6) is 0 Å². The molecule has 0 rings (SSSR count). The summed E-state index contributed by atoms with van der Waals surface area (Å²) in [6.45, 7) is 11.3. The summed E-state index contributed by atoms with van der Waals surface area (Å²) in [5.74, 6) is 0. The van der Waals surface area contributed by atoms with Crippen LogP contribution in [0.1, 0.15) is 47.0 Å². The van der Waals surface area contributed by atoms with Crippen molar-refractivity contribution in [2.45, 2.75) is 47.0 Å². The minimum atomic E-state index is 0. The van der Waals surface area contributed by atoms with Gasteiger partial charge in [0, 0.05) is 13.1 Å². The van der Waals surface area contributed by atoms with Crippen LogP contribution in [-0.4, -0.2) is 18.0 Å². The molecule has 0 atom stereocenters. The van der Waals surface area contributed by atoms with Gasteiger partial charge in [-0.3, -0.25) is 0 Å². The molecular formula is C11H24ClN. The Morgan fingerprint density at radius 1 is 1.08 bits per heavy atom. The molecule has 0 heterocycles. The van der Waals surface area contributed by atoms with Crippen LogP contribution in [0.2, 0.25) is 0 Å². The minimum absolute atomic E-state index is 0. The first-order valence-corrected chi connectivity index (χ1v) is 5.15. The average molecular weight is 206 g/mol. The third-order valence-corrected chi connectivity index (χ3v) is 1.98. The van der Waals surface area contributed by atoms with E-state index in [1.54, 1.807) is 0 Å². The van der Waals surface area contributed by atoms with Crippen molar-refractivity contribution in [3.63, 3.8) is 0 Å². The zero-order chi connectivity index (χ0) is 9.40. The highest BCUT2D eigenvalue weighted by atomic mass is 35.5. The molecule has 0 spiro atoms. The second kappa shape index (κ2) is 9.91. The average Bonchev–Trinajstić information content (AvgIpc) is 2.05. The van der Waals surface area contributed by atoms with Crippen LogP contribution in [-0.2, 0) is 0 Å². The predicted molar refractivity (Wildman–Crippen MR) is 63.5 cm³/mol. The lowest BCUT2D eigenvalue weighted by molar-refractivity contribution is 0.372. The van der Waals surface area contributed by atoms with Crippen molar-refractivity contribution < 1.29 is 0 Å². The molecule has 0 aromatic rings. The smallest absolute Gasteiger partial charge is 0.0169 e. The topological polar surface area (TPSA) is 3.24 Å². The van der Waals surface area contributed by atoms with Crippen LogP contribution >= 0.6 is 12.4 Å². The van der Waals surface area contributed by atoms with E-state index in [1.165, 1.54) is 37.9 Å². The third-order valence-electron chi connectivity index (χ3n) is 1.98. The first-order valence-electron chi connectivity index (χ1n) is 5.15. The largest absolute Gasteiger partial charge is 0.377 e. The molecule has 0 saturated heterocycles. The van der Waals surface area contributed by atoms with Gasteiger partial charge in [-0.05, 0) is 32.4 Å². The molecule has 80 valence electrons. The maximum atomic E-state index is 2.43. The van der Waals surface area contributed by atoms with Gasteiger partial charge in [0.25, 0.3) is 0 Å². The van der Waals surface area contributed by atoms with E-state index in [4.69, 9.17) is 0 Å². The van der Waals surface area contributed by atoms with E-state index in [-0.39, 0.29) is 12.4 Å². The third kappa shape index (κ3) is 8.17. The van der Waals surface area contributed by atoms with Crippen molar-refractivity contribution >= 4 is 12.4 Å². The Labute approximate surface area is 89.6 Å². The lowest BCUT2D eigenvalue weighted by Crippen LogP contribution is -2.19. The predicted octanol–water partition coefficient (Wildman–Crippen LogP) is 3.84. The SMILES string of the molecule is CCCN(C=C(C)CC)CCC.Cl. The quantitative estimate of drug-likeness (QED) is 0.637. The van der Waals surface area contributed by atoms with Gasteiger partial charge in [-0.2, -0.15) is 0 Å². The van der Waals surface area contributed by atoms with Crippen LogP contribution < -0.4 is 0 Å². The fourth-order valence-electron chi connectivity index (χ4n) is 1.22. The second-order valence-corrected chi connectivity index (χ2v) is 3.36. The Hall–Kier alpha value is -0.170. The zero-order valence-electron chi connectivity index (χ0n) is 9.47. The summed E-state index contributed by atoms with van der Waals surface area (Å²) in [4.78, 5) is 2.43. The van der Waals surface area contributed by atoms with Crippen molar-refractivity contribution in [1.82, 2.24) is 4.90 Å². The van der Waals surface area contributed by atoms with E-state index in [0.717, 1.165) is 0 Å². The van der Waals surface area contributed by atoms with Crippen LogP contribution in [0.4, 0.5) is 0 Å². The van der Waals surface area contributed by atoms with Gasteiger partial charge in [-0.1, -0.05) is 26.3 Å². The summed E-state index contributed by atoms with van der Waals surface area (Å²) >= 11 is 0. The van der Waals surface area contributed by atoms with Gasteiger partial charge in [-0.15, -0.1) is 12.4 Å².